The summed E-state index contributed by atoms with van der Waals surface area (Å²) in [6, 6.07) is 10.4. The maximum Gasteiger partial charge on any atom is 0.231 e. The Balaban J connectivity index is 1.49. The summed E-state index contributed by atoms with van der Waals surface area (Å²) in [6.45, 7) is 2.01. The van der Waals surface area contributed by atoms with E-state index in [-0.39, 0.29) is 6.79 Å². The Hall–Kier alpha value is -2.87. The molecule has 4 rings (SSSR count). The fourth-order valence-electron chi connectivity index (χ4n) is 2.53. The zero-order chi connectivity index (χ0) is 18.8. The van der Waals surface area contributed by atoms with Crippen molar-refractivity contribution in [3.8, 4) is 23.1 Å². The van der Waals surface area contributed by atoms with Crippen LogP contribution in [-0.4, -0.2) is 16.8 Å². The van der Waals surface area contributed by atoms with E-state index in [2.05, 4.69) is 9.97 Å². The number of hydrogen-bond donors (Lipinski definition) is 0. The summed E-state index contributed by atoms with van der Waals surface area (Å²) in [5.41, 5.74) is 1.23. The highest BCUT2D eigenvalue weighted by Gasteiger charge is 2.15. The van der Waals surface area contributed by atoms with Crippen LogP contribution in [-0.2, 0) is 5.75 Å². The minimum absolute atomic E-state index is 0.187. The van der Waals surface area contributed by atoms with Gasteiger partial charge in [-0.05, 0) is 36.8 Å². The molecule has 8 heteroatoms. The highest BCUT2D eigenvalue weighted by atomic mass is 32.2. The fraction of sp³-hybridized carbons (Fsp3) is 0.158. The first-order valence-electron chi connectivity index (χ1n) is 8.06. The van der Waals surface area contributed by atoms with Crippen LogP contribution in [0.4, 0.5) is 8.78 Å². The van der Waals surface area contributed by atoms with Crippen molar-refractivity contribution in [1.82, 2.24) is 9.97 Å². The predicted octanol–water partition coefficient (Wildman–Crippen LogP) is 4.88. The van der Waals surface area contributed by atoms with E-state index in [1.54, 1.807) is 24.3 Å². The van der Waals surface area contributed by atoms with Gasteiger partial charge in [-0.25, -0.2) is 13.8 Å². The maximum atomic E-state index is 13.3. The van der Waals surface area contributed by atoms with Crippen LogP contribution in [0, 0.1) is 18.6 Å². The maximum absolute atomic E-state index is 13.3. The molecule has 2 heterocycles. The Morgan fingerprint density at radius 1 is 1.00 bits per heavy atom. The first kappa shape index (κ1) is 17.5. The van der Waals surface area contributed by atoms with Gasteiger partial charge in [0, 0.05) is 29.6 Å². The molecule has 0 fully saturated rings. The van der Waals surface area contributed by atoms with Crippen LogP contribution in [0.15, 0.2) is 47.6 Å². The van der Waals surface area contributed by atoms with Crippen molar-refractivity contribution < 1.29 is 23.0 Å². The second kappa shape index (κ2) is 7.40. The van der Waals surface area contributed by atoms with Gasteiger partial charge in [-0.2, -0.15) is 4.98 Å². The molecule has 0 N–H and O–H groups in total. The minimum Gasteiger partial charge on any atom is -0.454 e. The van der Waals surface area contributed by atoms with Gasteiger partial charge in [-0.15, -0.1) is 0 Å². The van der Waals surface area contributed by atoms with Crippen LogP contribution in [0.5, 0.6) is 23.1 Å². The smallest absolute Gasteiger partial charge is 0.231 e. The molecule has 0 bridgehead atoms. The molecule has 27 heavy (non-hydrogen) atoms. The number of rotatable bonds is 5. The summed E-state index contributed by atoms with van der Waals surface area (Å²) in [5, 5.41) is 0.454. The van der Waals surface area contributed by atoms with Gasteiger partial charge in [-0.1, -0.05) is 11.8 Å². The van der Waals surface area contributed by atoms with E-state index in [9.17, 15) is 8.78 Å². The molecule has 0 spiro atoms. The Morgan fingerprint density at radius 3 is 2.59 bits per heavy atom. The number of fused-ring (bicyclic) bond motifs is 1. The normalized spacial score (nSPS) is 12.3. The van der Waals surface area contributed by atoms with Crippen LogP contribution in [0.3, 0.4) is 0 Å². The van der Waals surface area contributed by atoms with Crippen molar-refractivity contribution in [1.29, 1.82) is 0 Å². The first-order valence-corrected chi connectivity index (χ1v) is 9.05. The van der Waals surface area contributed by atoms with Gasteiger partial charge >= 0.3 is 0 Å². The van der Waals surface area contributed by atoms with Crippen molar-refractivity contribution in [2.24, 2.45) is 0 Å². The van der Waals surface area contributed by atoms with E-state index in [0.717, 1.165) is 6.07 Å². The summed E-state index contributed by atoms with van der Waals surface area (Å²) in [4.78, 5) is 8.69. The highest BCUT2D eigenvalue weighted by Crippen LogP contribution is 2.36. The summed E-state index contributed by atoms with van der Waals surface area (Å²) in [5.74, 6) is 1.32. The lowest BCUT2D eigenvalue weighted by molar-refractivity contribution is 0.174. The van der Waals surface area contributed by atoms with E-state index in [1.807, 2.05) is 6.92 Å². The average molecular weight is 388 g/mol. The quantitative estimate of drug-likeness (QED) is 0.459. The monoisotopic (exact) mass is 388 g/mol. The van der Waals surface area contributed by atoms with Crippen molar-refractivity contribution in [3.63, 3.8) is 0 Å². The number of ether oxygens (including phenoxy) is 3. The van der Waals surface area contributed by atoms with Crippen LogP contribution in [0.2, 0.25) is 0 Å². The summed E-state index contributed by atoms with van der Waals surface area (Å²) < 4.78 is 43.0. The lowest BCUT2D eigenvalue weighted by atomic mass is 10.2. The Morgan fingerprint density at radius 2 is 1.78 bits per heavy atom. The van der Waals surface area contributed by atoms with Gasteiger partial charge in [0.2, 0.25) is 12.7 Å². The molecule has 1 aliphatic rings. The number of aryl methyl sites for hydroxylation is 1. The van der Waals surface area contributed by atoms with Crippen LogP contribution in [0.1, 0.15) is 11.3 Å². The van der Waals surface area contributed by atoms with E-state index < -0.39 is 11.6 Å². The molecule has 0 saturated heterocycles. The zero-order valence-corrected chi connectivity index (χ0v) is 15.1. The molecule has 0 amide bonds. The van der Waals surface area contributed by atoms with Gasteiger partial charge in [0.1, 0.15) is 17.4 Å². The van der Waals surface area contributed by atoms with Gasteiger partial charge in [0.05, 0.1) is 0 Å². The average Bonchev–Trinajstić information content (AvgIpc) is 3.06. The molecule has 0 radical (unpaired) electrons. The Bertz CT molecular complexity index is 980. The SMILES string of the molecule is Cc1cc(Oc2ccc3c(c2)OCO3)nc(SCc2cc(F)cc(F)c2)n1. The molecule has 0 atom stereocenters. The number of aromatic nitrogens is 2. The van der Waals surface area contributed by atoms with Crippen LogP contribution in [0.25, 0.3) is 0 Å². The molecule has 0 saturated carbocycles. The number of thioether (sulfide) groups is 1. The molecule has 138 valence electrons. The second-order valence-corrected chi connectivity index (χ2v) is 6.76. The molecule has 5 nitrogen and oxygen atoms in total. The summed E-state index contributed by atoms with van der Waals surface area (Å²) in [7, 11) is 0. The van der Waals surface area contributed by atoms with Crippen molar-refractivity contribution in [2.45, 2.75) is 17.8 Å². The molecule has 0 unspecified atom stereocenters. The predicted molar refractivity (Wildman–Crippen MR) is 95.3 cm³/mol. The largest absolute Gasteiger partial charge is 0.454 e. The van der Waals surface area contributed by atoms with Crippen molar-refractivity contribution in [2.75, 3.05) is 6.79 Å². The molecule has 2 aromatic carbocycles. The van der Waals surface area contributed by atoms with E-state index in [4.69, 9.17) is 14.2 Å². The van der Waals surface area contributed by atoms with Crippen molar-refractivity contribution >= 4 is 11.8 Å². The minimum atomic E-state index is -0.609. The third-order valence-electron chi connectivity index (χ3n) is 3.67. The third-order valence-corrected chi connectivity index (χ3v) is 4.59. The Kier molecular flexibility index (Phi) is 4.81. The molecular weight excluding hydrogens is 374 g/mol. The molecule has 1 aromatic heterocycles. The standard InChI is InChI=1S/C19H14F2N2O3S/c1-11-4-18(26-15-2-3-16-17(8-15)25-10-24-16)23-19(22-11)27-9-12-5-13(20)7-14(21)6-12/h2-8H,9-10H2,1H3. The summed E-state index contributed by atoms with van der Waals surface area (Å²) >= 11 is 1.27. The first-order chi connectivity index (χ1) is 13.0. The number of benzene rings is 2. The van der Waals surface area contributed by atoms with Crippen LogP contribution < -0.4 is 14.2 Å². The second-order valence-electron chi connectivity index (χ2n) is 5.81. The number of halogens is 2. The van der Waals surface area contributed by atoms with Crippen LogP contribution >= 0.6 is 11.8 Å². The van der Waals surface area contributed by atoms with E-state index in [0.29, 0.717) is 45.3 Å². The zero-order valence-electron chi connectivity index (χ0n) is 14.2. The van der Waals surface area contributed by atoms with E-state index in [1.165, 1.54) is 23.9 Å². The number of nitrogens with zero attached hydrogens (tertiary/aromatic N) is 2. The van der Waals surface area contributed by atoms with Gasteiger partial charge in [-0.3, -0.25) is 0 Å². The van der Waals surface area contributed by atoms with E-state index >= 15 is 0 Å². The van der Waals surface area contributed by atoms with Gasteiger partial charge < -0.3 is 14.2 Å². The lowest BCUT2D eigenvalue weighted by Gasteiger charge is -2.08. The van der Waals surface area contributed by atoms with Gasteiger partial charge in [0.15, 0.2) is 16.7 Å². The molecule has 1 aliphatic heterocycles. The lowest BCUT2D eigenvalue weighted by Crippen LogP contribution is -1.96. The van der Waals surface area contributed by atoms with Crippen molar-refractivity contribution in [3.05, 3.63) is 65.4 Å². The molecular formula is C19H14F2N2O3S. The molecule has 3 aromatic rings. The summed E-state index contributed by atoms with van der Waals surface area (Å²) in [6.07, 6.45) is 0. The fourth-order valence-corrected chi connectivity index (χ4v) is 3.36. The van der Waals surface area contributed by atoms with Gasteiger partial charge in [0.25, 0.3) is 0 Å². The molecule has 0 aliphatic carbocycles. The Labute approximate surface area is 158 Å². The third kappa shape index (κ3) is 4.28. The highest BCUT2D eigenvalue weighted by molar-refractivity contribution is 7.98. The topological polar surface area (TPSA) is 53.5 Å². The number of hydrogen-bond acceptors (Lipinski definition) is 6.